The maximum Gasteiger partial charge on any atom is 0.321 e. The molecule has 0 atom stereocenters. The molecule has 3 fully saturated rings. The minimum Gasteiger partial charge on any atom is -0.358 e. The molecule has 0 aromatic heterocycles. The van der Waals surface area contributed by atoms with Crippen molar-refractivity contribution in [1.82, 2.24) is 20.0 Å². The summed E-state index contributed by atoms with van der Waals surface area (Å²) in [7, 11) is 3.86. The highest BCUT2D eigenvalue weighted by Crippen LogP contribution is 2.50. The molecule has 3 amide bonds. The van der Waals surface area contributed by atoms with Gasteiger partial charge in [-0.2, -0.15) is 0 Å². The van der Waals surface area contributed by atoms with Gasteiger partial charge in [-0.15, -0.1) is 0 Å². The van der Waals surface area contributed by atoms with E-state index >= 15 is 0 Å². The molecular formula is C24H36N4O2. The second kappa shape index (κ2) is 8.22. The van der Waals surface area contributed by atoms with Crippen molar-refractivity contribution in [3.8, 4) is 0 Å². The summed E-state index contributed by atoms with van der Waals surface area (Å²) >= 11 is 0. The Morgan fingerprint density at radius 1 is 1.17 bits per heavy atom. The predicted octanol–water partition coefficient (Wildman–Crippen LogP) is 3.04. The van der Waals surface area contributed by atoms with Gasteiger partial charge in [0, 0.05) is 25.7 Å². The normalized spacial score (nSPS) is 29.1. The van der Waals surface area contributed by atoms with Gasteiger partial charge in [0.2, 0.25) is 5.91 Å². The van der Waals surface area contributed by atoms with E-state index in [-0.39, 0.29) is 29.6 Å². The number of hydrogen-bond acceptors (Lipinski definition) is 3. The van der Waals surface area contributed by atoms with E-state index < -0.39 is 0 Å². The van der Waals surface area contributed by atoms with Gasteiger partial charge in [0.15, 0.2) is 0 Å². The molecule has 3 aliphatic rings. The minimum atomic E-state index is -0.138. The molecule has 30 heavy (non-hydrogen) atoms. The van der Waals surface area contributed by atoms with Gasteiger partial charge < -0.3 is 15.1 Å². The van der Waals surface area contributed by atoms with Crippen LogP contribution in [0.1, 0.15) is 51.0 Å². The number of carbonyl (C=O) groups is 2. The van der Waals surface area contributed by atoms with E-state index in [2.05, 4.69) is 59.4 Å². The van der Waals surface area contributed by atoms with Crippen LogP contribution in [0.25, 0.3) is 0 Å². The number of amides is 3. The minimum absolute atomic E-state index is 0.0176. The first kappa shape index (κ1) is 21.2. The quantitative estimate of drug-likeness (QED) is 0.749. The Morgan fingerprint density at radius 2 is 1.83 bits per heavy atom. The number of likely N-dealkylation sites (N-methyl/N-ethyl adjacent to an activating group) is 1. The Kier molecular flexibility index (Phi) is 5.80. The van der Waals surface area contributed by atoms with Crippen LogP contribution in [0.15, 0.2) is 30.3 Å². The molecule has 1 aliphatic heterocycles. The van der Waals surface area contributed by atoms with E-state index in [9.17, 15) is 9.59 Å². The molecule has 6 nitrogen and oxygen atoms in total. The van der Waals surface area contributed by atoms with Gasteiger partial charge >= 0.3 is 6.03 Å². The fourth-order valence-electron chi connectivity index (χ4n) is 5.59. The average molecular weight is 413 g/mol. The Balaban J connectivity index is 1.59. The fourth-order valence-corrected chi connectivity index (χ4v) is 5.59. The van der Waals surface area contributed by atoms with Crippen LogP contribution in [-0.4, -0.2) is 72.5 Å². The standard InChI is InChI=1S/C24H36N4O2/c1-4-26(3)24(20-8-6-5-7-9-20)14-12-23(13-15-24)18-27(17-21(29)25-2)22(30)28(23)16-19-10-11-19/h5-9,19H,4,10-18H2,1-3H3,(H,25,29). The second-order valence-electron chi connectivity index (χ2n) is 9.50. The van der Waals surface area contributed by atoms with Gasteiger partial charge in [0.05, 0.1) is 5.54 Å². The lowest BCUT2D eigenvalue weighted by Crippen LogP contribution is -2.56. The van der Waals surface area contributed by atoms with E-state index in [0.29, 0.717) is 12.5 Å². The average Bonchev–Trinajstić information content (AvgIpc) is 3.57. The number of nitrogens with zero attached hydrogens (tertiary/aromatic N) is 3. The highest BCUT2D eigenvalue weighted by Gasteiger charge is 2.55. The zero-order valence-corrected chi connectivity index (χ0v) is 18.7. The van der Waals surface area contributed by atoms with E-state index in [4.69, 9.17) is 0 Å². The molecular weight excluding hydrogens is 376 g/mol. The van der Waals surface area contributed by atoms with Crippen molar-refractivity contribution < 1.29 is 9.59 Å². The van der Waals surface area contributed by atoms with Crippen molar-refractivity contribution in [2.24, 2.45) is 5.92 Å². The Bertz CT molecular complexity index is 769. The summed E-state index contributed by atoms with van der Waals surface area (Å²) in [6.07, 6.45) is 6.47. The van der Waals surface area contributed by atoms with Crippen LogP contribution < -0.4 is 5.32 Å². The van der Waals surface area contributed by atoms with E-state index in [1.54, 1.807) is 11.9 Å². The number of carbonyl (C=O) groups excluding carboxylic acids is 2. The van der Waals surface area contributed by atoms with Crippen molar-refractivity contribution in [1.29, 1.82) is 0 Å². The molecule has 1 heterocycles. The number of hydrogen-bond donors (Lipinski definition) is 1. The van der Waals surface area contributed by atoms with Crippen LogP contribution in [0, 0.1) is 5.92 Å². The van der Waals surface area contributed by atoms with Crippen LogP contribution in [0.3, 0.4) is 0 Å². The molecule has 1 saturated heterocycles. The third-order valence-corrected chi connectivity index (χ3v) is 7.83. The molecule has 1 N–H and O–H groups in total. The van der Waals surface area contributed by atoms with E-state index in [1.165, 1.54) is 18.4 Å². The van der Waals surface area contributed by atoms with Gasteiger partial charge in [-0.3, -0.25) is 9.69 Å². The molecule has 164 valence electrons. The molecule has 0 bridgehead atoms. The lowest BCUT2D eigenvalue weighted by molar-refractivity contribution is -0.121. The molecule has 6 heteroatoms. The fraction of sp³-hybridized carbons (Fsp3) is 0.667. The van der Waals surface area contributed by atoms with Gasteiger partial charge in [0.25, 0.3) is 0 Å². The van der Waals surface area contributed by atoms with Crippen molar-refractivity contribution in [2.45, 2.75) is 56.5 Å². The second-order valence-corrected chi connectivity index (χ2v) is 9.50. The molecule has 4 rings (SSSR count). The molecule has 1 spiro atoms. The molecule has 2 saturated carbocycles. The molecule has 1 aromatic carbocycles. The maximum atomic E-state index is 13.3. The lowest BCUT2D eigenvalue weighted by atomic mass is 9.68. The van der Waals surface area contributed by atoms with Crippen LogP contribution in [-0.2, 0) is 10.3 Å². The Hall–Kier alpha value is -2.08. The Morgan fingerprint density at radius 3 is 2.40 bits per heavy atom. The number of rotatable bonds is 7. The van der Waals surface area contributed by atoms with E-state index in [0.717, 1.165) is 38.8 Å². The number of nitrogens with one attached hydrogen (secondary N) is 1. The van der Waals surface area contributed by atoms with Crippen LogP contribution in [0.4, 0.5) is 4.79 Å². The smallest absolute Gasteiger partial charge is 0.321 e. The summed E-state index contributed by atoms with van der Waals surface area (Å²) in [5.41, 5.74) is 1.26. The zero-order chi connectivity index (χ0) is 21.4. The van der Waals surface area contributed by atoms with Gasteiger partial charge in [-0.25, -0.2) is 4.79 Å². The molecule has 0 radical (unpaired) electrons. The summed E-state index contributed by atoms with van der Waals surface area (Å²) in [5, 5.41) is 2.67. The van der Waals surface area contributed by atoms with Crippen LogP contribution in [0.5, 0.6) is 0 Å². The van der Waals surface area contributed by atoms with Gasteiger partial charge in [-0.05, 0) is 63.6 Å². The van der Waals surface area contributed by atoms with E-state index in [1.807, 2.05) is 0 Å². The lowest BCUT2D eigenvalue weighted by Gasteiger charge is -2.51. The molecule has 1 aromatic rings. The number of benzene rings is 1. The summed E-state index contributed by atoms with van der Waals surface area (Å²) < 4.78 is 0. The summed E-state index contributed by atoms with van der Waals surface area (Å²) in [6.45, 7) is 4.91. The zero-order valence-electron chi connectivity index (χ0n) is 18.7. The summed E-state index contributed by atoms with van der Waals surface area (Å²) in [4.78, 5) is 31.7. The SMILES string of the molecule is CCN(C)C1(c2ccccc2)CCC2(CC1)CN(CC(=O)NC)C(=O)N2CC1CC1. The topological polar surface area (TPSA) is 55.9 Å². The van der Waals surface area contributed by atoms with Crippen molar-refractivity contribution in [3.05, 3.63) is 35.9 Å². The van der Waals surface area contributed by atoms with Gasteiger partial charge in [-0.1, -0.05) is 37.3 Å². The molecule has 0 unspecified atom stereocenters. The molecule has 2 aliphatic carbocycles. The van der Waals surface area contributed by atoms with Crippen molar-refractivity contribution >= 4 is 11.9 Å². The highest BCUT2D eigenvalue weighted by molar-refractivity contribution is 5.85. The third kappa shape index (κ3) is 3.70. The third-order valence-electron chi connectivity index (χ3n) is 7.83. The number of urea groups is 1. The summed E-state index contributed by atoms with van der Waals surface area (Å²) in [6, 6.07) is 10.9. The van der Waals surface area contributed by atoms with Crippen molar-refractivity contribution in [3.63, 3.8) is 0 Å². The first-order chi connectivity index (χ1) is 14.4. The first-order valence-electron chi connectivity index (χ1n) is 11.5. The van der Waals surface area contributed by atoms with Crippen LogP contribution >= 0.6 is 0 Å². The highest BCUT2D eigenvalue weighted by atomic mass is 16.2. The summed E-state index contributed by atoms with van der Waals surface area (Å²) in [5.74, 6) is 0.553. The van der Waals surface area contributed by atoms with Gasteiger partial charge in [0.1, 0.15) is 6.54 Å². The predicted molar refractivity (Wildman–Crippen MR) is 118 cm³/mol. The first-order valence-corrected chi connectivity index (χ1v) is 11.5. The monoisotopic (exact) mass is 412 g/mol. The maximum absolute atomic E-state index is 13.3. The Labute approximate surface area is 180 Å². The largest absolute Gasteiger partial charge is 0.358 e. The van der Waals surface area contributed by atoms with Crippen LogP contribution in [0.2, 0.25) is 0 Å². The van der Waals surface area contributed by atoms with Crippen molar-refractivity contribution in [2.75, 3.05) is 40.3 Å².